The Morgan fingerprint density at radius 2 is 1.65 bits per heavy atom. The summed E-state index contributed by atoms with van der Waals surface area (Å²) in [7, 11) is 0. The molecule has 2 rings (SSSR count). The van der Waals surface area contributed by atoms with Gasteiger partial charge in [0.05, 0.1) is 18.2 Å². The van der Waals surface area contributed by atoms with Crippen molar-refractivity contribution in [3.63, 3.8) is 0 Å². The zero-order chi connectivity index (χ0) is 23.2. The maximum Gasteiger partial charge on any atom is 0.416 e. The van der Waals surface area contributed by atoms with Crippen LogP contribution in [0.4, 0.5) is 18.0 Å². The first kappa shape index (κ1) is 24.5. The van der Waals surface area contributed by atoms with Crippen LogP contribution in [0.15, 0.2) is 24.3 Å². The molecule has 2 atom stereocenters. The van der Waals surface area contributed by atoms with Crippen LogP contribution in [-0.4, -0.2) is 42.1 Å². The summed E-state index contributed by atoms with van der Waals surface area (Å²) in [5.41, 5.74) is -1.78. The van der Waals surface area contributed by atoms with E-state index in [-0.39, 0.29) is 17.6 Å². The standard InChI is InChI=1S/C21H28F3N3O4/c1-20(2,3)31-19(30)27-16-10-5-4-9-15(16)26-17(28)12-25-18(29)13-7-6-8-14(11-13)21(22,23)24/h6-8,11,15-16H,4-5,9-10,12H2,1-3H3,(H,25,29)(H,26,28)(H,27,30)/t15-,16-/m0/s1. The Balaban J connectivity index is 1.89. The molecule has 10 heteroatoms. The molecule has 0 aliphatic heterocycles. The number of carbonyl (C=O) groups is 3. The number of rotatable bonds is 5. The van der Waals surface area contributed by atoms with Gasteiger partial charge < -0.3 is 20.7 Å². The highest BCUT2D eigenvalue weighted by atomic mass is 19.4. The topological polar surface area (TPSA) is 96.5 Å². The van der Waals surface area contributed by atoms with Crippen LogP contribution in [-0.2, 0) is 15.7 Å². The molecule has 0 aromatic heterocycles. The first-order chi connectivity index (χ1) is 14.3. The number of nitrogens with one attached hydrogen (secondary N) is 3. The van der Waals surface area contributed by atoms with Crippen molar-refractivity contribution in [2.24, 2.45) is 0 Å². The molecule has 1 aromatic carbocycles. The molecule has 1 fully saturated rings. The van der Waals surface area contributed by atoms with Gasteiger partial charge in [-0.15, -0.1) is 0 Å². The Morgan fingerprint density at radius 3 is 2.23 bits per heavy atom. The number of ether oxygens (including phenoxy) is 1. The highest BCUT2D eigenvalue weighted by Gasteiger charge is 2.31. The number of benzene rings is 1. The quantitative estimate of drug-likeness (QED) is 0.650. The number of halogens is 3. The predicted molar refractivity (Wildman–Crippen MR) is 107 cm³/mol. The zero-order valence-electron chi connectivity index (χ0n) is 17.8. The zero-order valence-corrected chi connectivity index (χ0v) is 17.8. The van der Waals surface area contributed by atoms with Crippen molar-refractivity contribution >= 4 is 17.9 Å². The van der Waals surface area contributed by atoms with E-state index in [0.717, 1.165) is 31.0 Å². The fourth-order valence-corrected chi connectivity index (χ4v) is 3.29. The van der Waals surface area contributed by atoms with Crippen molar-refractivity contribution < 1.29 is 32.3 Å². The van der Waals surface area contributed by atoms with Crippen LogP contribution < -0.4 is 16.0 Å². The summed E-state index contributed by atoms with van der Waals surface area (Å²) in [5.74, 6) is -1.28. The summed E-state index contributed by atoms with van der Waals surface area (Å²) in [4.78, 5) is 36.5. The van der Waals surface area contributed by atoms with Gasteiger partial charge in [-0.25, -0.2) is 4.79 Å². The second-order valence-corrected chi connectivity index (χ2v) is 8.47. The van der Waals surface area contributed by atoms with Crippen LogP contribution in [0, 0.1) is 0 Å². The molecule has 0 radical (unpaired) electrons. The minimum atomic E-state index is -4.56. The molecular weight excluding hydrogens is 415 g/mol. The van der Waals surface area contributed by atoms with Crippen LogP contribution >= 0.6 is 0 Å². The lowest BCUT2D eigenvalue weighted by atomic mass is 9.90. The van der Waals surface area contributed by atoms with E-state index in [9.17, 15) is 27.6 Å². The lowest BCUT2D eigenvalue weighted by Crippen LogP contribution is -2.55. The van der Waals surface area contributed by atoms with Crippen molar-refractivity contribution in [3.8, 4) is 0 Å². The van der Waals surface area contributed by atoms with Gasteiger partial charge in [-0.2, -0.15) is 13.2 Å². The minimum Gasteiger partial charge on any atom is -0.444 e. The molecule has 172 valence electrons. The van der Waals surface area contributed by atoms with Crippen molar-refractivity contribution in [2.45, 2.75) is 70.3 Å². The van der Waals surface area contributed by atoms with Gasteiger partial charge in [-0.1, -0.05) is 18.9 Å². The smallest absolute Gasteiger partial charge is 0.416 e. The Labute approximate surface area is 179 Å². The third-order valence-electron chi connectivity index (χ3n) is 4.68. The van der Waals surface area contributed by atoms with Gasteiger partial charge in [0, 0.05) is 11.6 Å². The number of hydrogen-bond donors (Lipinski definition) is 3. The molecule has 0 unspecified atom stereocenters. The third kappa shape index (κ3) is 8.10. The molecule has 0 heterocycles. The second kappa shape index (κ2) is 10.0. The maximum absolute atomic E-state index is 12.8. The van der Waals surface area contributed by atoms with Crippen LogP contribution in [0.2, 0.25) is 0 Å². The monoisotopic (exact) mass is 443 g/mol. The van der Waals surface area contributed by atoms with Gasteiger partial charge in [0.25, 0.3) is 5.91 Å². The molecule has 31 heavy (non-hydrogen) atoms. The van der Waals surface area contributed by atoms with Gasteiger partial charge in [0.15, 0.2) is 0 Å². The average Bonchev–Trinajstić information content (AvgIpc) is 2.65. The van der Waals surface area contributed by atoms with Crippen molar-refractivity contribution in [2.75, 3.05) is 6.54 Å². The average molecular weight is 443 g/mol. The molecule has 0 saturated heterocycles. The van der Waals surface area contributed by atoms with E-state index >= 15 is 0 Å². The first-order valence-corrected chi connectivity index (χ1v) is 10.1. The number of alkyl carbamates (subject to hydrolysis) is 1. The first-order valence-electron chi connectivity index (χ1n) is 10.1. The van der Waals surface area contributed by atoms with E-state index in [2.05, 4.69) is 16.0 Å². The van der Waals surface area contributed by atoms with Crippen LogP contribution in [0.1, 0.15) is 62.4 Å². The molecule has 1 aliphatic rings. The van der Waals surface area contributed by atoms with E-state index in [4.69, 9.17) is 4.74 Å². The van der Waals surface area contributed by atoms with Crippen molar-refractivity contribution in [1.82, 2.24) is 16.0 Å². The van der Waals surface area contributed by atoms with Crippen LogP contribution in [0.25, 0.3) is 0 Å². The Hall–Kier alpha value is -2.78. The normalized spacial score (nSPS) is 19.3. The van der Waals surface area contributed by atoms with E-state index in [0.29, 0.717) is 12.8 Å². The van der Waals surface area contributed by atoms with E-state index < -0.39 is 41.8 Å². The predicted octanol–water partition coefficient (Wildman–Crippen LogP) is 3.39. The number of alkyl halides is 3. The van der Waals surface area contributed by atoms with Gasteiger partial charge in [0.2, 0.25) is 5.91 Å². The minimum absolute atomic E-state index is 0.190. The highest BCUT2D eigenvalue weighted by molar-refractivity contribution is 5.96. The summed E-state index contributed by atoms with van der Waals surface area (Å²) in [6.45, 7) is 4.85. The van der Waals surface area contributed by atoms with Gasteiger partial charge in [0.1, 0.15) is 5.60 Å². The molecule has 1 aliphatic carbocycles. The van der Waals surface area contributed by atoms with Crippen molar-refractivity contribution in [3.05, 3.63) is 35.4 Å². The number of carbonyl (C=O) groups excluding carboxylic acids is 3. The fraction of sp³-hybridized carbons (Fsp3) is 0.571. The van der Waals surface area contributed by atoms with E-state index in [1.807, 2.05) is 0 Å². The van der Waals surface area contributed by atoms with Gasteiger partial charge in [-0.05, 0) is 51.8 Å². The third-order valence-corrected chi connectivity index (χ3v) is 4.68. The number of hydrogen-bond acceptors (Lipinski definition) is 4. The maximum atomic E-state index is 12.8. The number of amides is 3. The molecule has 3 amide bonds. The van der Waals surface area contributed by atoms with Gasteiger partial charge >= 0.3 is 12.3 Å². The van der Waals surface area contributed by atoms with Gasteiger partial charge in [-0.3, -0.25) is 9.59 Å². The van der Waals surface area contributed by atoms with Crippen molar-refractivity contribution in [1.29, 1.82) is 0 Å². The summed E-state index contributed by atoms with van der Waals surface area (Å²) in [6, 6.07) is 3.32. The summed E-state index contributed by atoms with van der Waals surface area (Å²) in [6.07, 6.45) is -2.07. The van der Waals surface area contributed by atoms with Crippen LogP contribution in [0.3, 0.4) is 0 Å². The molecule has 0 spiro atoms. The highest BCUT2D eigenvalue weighted by Crippen LogP contribution is 2.29. The Kier molecular flexibility index (Phi) is 7.91. The SMILES string of the molecule is CC(C)(C)OC(=O)N[C@H]1CCCC[C@@H]1NC(=O)CNC(=O)c1cccc(C(F)(F)F)c1. The summed E-state index contributed by atoms with van der Waals surface area (Å²) < 4.78 is 43.6. The second-order valence-electron chi connectivity index (χ2n) is 8.47. The van der Waals surface area contributed by atoms with Crippen LogP contribution in [0.5, 0.6) is 0 Å². The molecule has 7 nitrogen and oxygen atoms in total. The Bertz CT molecular complexity index is 806. The molecule has 3 N–H and O–H groups in total. The molecule has 1 saturated carbocycles. The lowest BCUT2D eigenvalue weighted by Gasteiger charge is -2.33. The summed E-state index contributed by atoms with van der Waals surface area (Å²) in [5, 5.41) is 7.87. The summed E-state index contributed by atoms with van der Waals surface area (Å²) >= 11 is 0. The van der Waals surface area contributed by atoms with E-state index in [1.54, 1.807) is 20.8 Å². The molecule has 0 bridgehead atoms. The Morgan fingerprint density at radius 1 is 1.03 bits per heavy atom. The molecule has 1 aromatic rings. The fourth-order valence-electron chi connectivity index (χ4n) is 3.29. The lowest BCUT2D eigenvalue weighted by molar-refractivity contribution is -0.137. The van der Waals surface area contributed by atoms with E-state index in [1.165, 1.54) is 6.07 Å². The molecular formula is C21H28F3N3O4. The largest absolute Gasteiger partial charge is 0.444 e.